The summed E-state index contributed by atoms with van der Waals surface area (Å²) >= 11 is 6.97. The molecule has 7 rings (SSSR count). The van der Waals surface area contributed by atoms with Gasteiger partial charge in [-0.3, -0.25) is 4.79 Å². The number of halogens is 1. The Labute approximate surface area is 342 Å². The molecule has 0 bridgehead atoms. The highest BCUT2D eigenvalue weighted by molar-refractivity contribution is 6.32. The fourth-order valence-corrected chi connectivity index (χ4v) is 8.44. The lowest BCUT2D eigenvalue weighted by Gasteiger charge is -2.36. The van der Waals surface area contributed by atoms with Crippen LogP contribution in [0.15, 0.2) is 66.7 Å². The number of likely N-dealkylation sites (tertiary alicyclic amines) is 1. The number of piperidine rings is 2. The molecule has 9 nitrogen and oxygen atoms in total. The van der Waals surface area contributed by atoms with E-state index in [0.29, 0.717) is 59.3 Å². The summed E-state index contributed by atoms with van der Waals surface area (Å²) in [5, 5.41) is 16.5. The lowest BCUT2D eigenvalue weighted by Crippen LogP contribution is -2.45. The van der Waals surface area contributed by atoms with Gasteiger partial charge >= 0.3 is 0 Å². The fraction of sp³-hybridized carbons (Fsp3) is 0.426. The van der Waals surface area contributed by atoms with Gasteiger partial charge in [-0.25, -0.2) is 4.85 Å². The maximum absolute atomic E-state index is 11.7. The zero-order chi connectivity index (χ0) is 39.9. The number of rotatable bonds is 14. The third-order valence-corrected chi connectivity index (χ3v) is 12.0. The number of ether oxygens (including phenoxy) is 3. The van der Waals surface area contributed by atoms with Crippen molar-refractivity contribution < 1.29 is 19.0 Å². The second-order valence-corrected chi connectivity index (χ2v) is 16.8. The third-order valence-electron chi connectivity index (χ3n) is 11.7. The second-order valence-electron chi connectivity index (χ2n) is 16.4. The van der Waals surface area contributed by atoms with Crippen molar-refractivity contribution >= 4 is 23.2 Å². The van der Waals surface area contributed by atoms with Crippen molar-refractivity contribution in [1.29, 1.82) is 5.26 Å². The maximum atomic E-state index is 11.7. The van der Waals surface area contributed by atoms with E-state index < -0.39 is 0 Å². The van der Waals surface area contributed by atoms with Gasteiger partial charge in [0.2, 0.25) is 5.91 Å². The van der Waals surface area contributed by atoms with Crippen LogP contribution in [0.3, 0.4) is 0 Å². The van der Waals surface area contributed by atoms with Gasteiger partial charge in [-0.2, -0.15) is 5.26 Å². The highest BCUT2D eigenvalue weighted by Gasteiger charge is 2.29. The summed E-state index contributed by atoms with van der Waals surface area (Å²) in [4.78, 5) is 17.8. The zero-order valence-corrected chi connectivity index (χ0v) is 34.0. The van der Waals surface area contributed by atoms with Gasteiger partial charge in [0.05, 0.1) is 24.3 Å². The summed E-state index contributed by atoms with van der Waals surface area (Å²) in [6.45, 7) is 19.7. The summed E-state index contributed by atoms with van der Waals surface area (Å²) in [6.07, 6.45) is 6.22. The quantitative estimate of drug-likeness (QED) is 0.0971. The largest absolute Gasteiger partial charge is 0.493 e. The number of benzene rings is 4. The van der Waals surface area contributed by atoms with E-state index in [-0.39, 0.29) is 24.7 Å². The second kappa shape index (κ2) is 18.0. The Morgan fingerprint density at radius 3 is 2.58 bits per heavy atom. The van der Waals surface area contributed by atoms with Crippen LogP contribution in [-0.2, 0) is 24.4 Å². The molecule has 57 heavy (non-hydrogen) atoms. The predicted molar refractivity (Wildman–Crippen MR) is 224 cm³/mol. The van der Waals surface area contributed by atoms with Crippen molar-refractivity contribution in [3.63, 3.8) is 0 Å². The lowest BCUT2D eigenvalue weighted by molar-refractivity contribution is -0.122. The van der Waals surface area contributed by atoms with E-state index in [1.54, 1.807) is 18.2 Å². The zero-order valence-electron chi connectivity index (χ0n) is 33.3. The van der Waals surface area contributed by atoms with Gasteiger partial charge in [-0.1, -0.05) is 55.8 Å². The van der Waals surface area contributed by atoms with Crippen molar-refractivity contribution in [2.75, 3.05) is 32.8 Å². The fourth-order valence-electron chi connectivity index (χ4n) is 8.21. The summed E-state index contributed by atoms with van der Waals surface area (Å²) in [5.74, 6) is 2.11. The molecule has 2 saturated heterocycles. The molecular weight excluding hydrogens is 734 g/mol. The highest BCUT2D eigenvalue weighted by Crippen LogP contribution is 2.44. The molecule has 2 N–H and O–H groups in total. The Bertz CT molecular complexity index is 2140. The van der Waals surface area contributed by atoms with Crippen LogP contribution in [0.4, 0.5) is 5.69 Å². The molecule has 0 spiro atoms. The number of carbonyl (C=O) groups is 1. The van der Waals surface area contributed by atoms with Crippen LogP contribution in [0, 0.1) is 30.2 Å². The molecule has 0 aromatic heterocycles. The predicted octanol–water partition coefficient (Wildman–Crippen LogP) is 9.64. The Morgan fingerprint density at radius 1 is 1.00 bits per heavy atom. The molecule has 4 aromatic rings. The summed E-state index contributed by atoms with van der Waals surface area (Å²) in [5.41, 5.74) is 8.75. The van der Waals surface area contributed by atoms with Gasteiger partial charge in [0.15, 0.2) is 5.69 Å². The maximum Gasteiger partial charge on any atom is 0.220 e. The molecule has 2 atom stereocenters. The Kier molecular flexibility index (Phi) is 12.7. The number of nitriles is 1. The van der Waals surface area contributed by atoms with Gasteiger partial charge in [0.1, 0.15) is 30.0 Å². The molecule has 2 aliphatic heterocycles. The standard InChI is InChI=1S/C47H52ClN5O4/c1-31-37(8-6-11-42(31)55-21-7-18-53-19-16-47(2,3)17-20-53)38-9-5-10-40-39(38)13-14-43(40)57-45-26-44(56-30-33-22-32(27-49)23-36(24-33)50-4)34(25-41(45)48)28-51-35-12-15-46(54)52-29-35/h5-6,8-11,22-26,35,43,51H,7,12-21,28-30H2,1-3H3,(H,52,54)/t35-,43-/m0/s1. The van der Waals surface area contributed by atoms with E-state index in [0.717, 1.165) is 60.2 Å². The number of fused-ring (bicyclic) bond motifs is 1. The normalized spacial score (nSPS) is 18.9. The molecular formula is C47H52ClN5O4. The Balaban J connectivity index is 1.07. The van der Waals surface area contributed by atoms with E-state index in [9.17, 15) is 10.1 Å². The molecule has 1 aliphatic carbocycles. The molecule has 1 amide bonds. The van der Waals surface area contributed by atoms with E-state index >= 15 is 0 Å². The third kappa shape index (κ3) is 9.91. The molecule has 10 heteroatoms. The molecule has 0 unspecified atom stereocenters. The number of carbonyl (C=O) groups excluding carboxylic acids is 1. The van der Waals surface area contributed by atoms with E-state index in [4.69, 9.17) is 32.4 Å². The van der Waals surface area contributed by atoms with Crippen LogP contribution >= 0.6 is 11.6 Å². The first-order valence-electron chi connectivity index (χ1n) is 20.2. The smallest absolute Gasteiger partial charge is 0.220 e. The topological polar surface area (TPSA) is 100 Å². The number of nitrogens with zero attached hydrogens (tertiary/aromatic N) is 3. The van der Waals surface area contributed by atoms with Crippen molar-refractivity contribution in [3.8, 4) is 34.4 Å². The average molecular weight is 786 g/mol. The van der Waals surface area contributed by atoms with Crippen molar-refractivity contribution in [2.45, 2.75) is 91.0 Å². The lowest BCUT2D eigenvalue weighted by atomic mass is 9.83. The number of amides is 1. The number of hydrogen-bond donors (Lipinski definition) is 2. The molecule has 4 aromatic carbocycles. The van der Waals surface area contributed by atoms with Crippen LogP contribution in [-0.4, -0.2) is 49.6 Å². The van der Waals surface area contributed by atoms with Crippen LogP contribution in [0.2, 0.25) is 5.02 Å². The SMILES string of the molecule is [C-]#[N+]c1cc(C#N)cc(COc2cc(O[C@H]3CCc4c(-c5cccc(OCCCN6CCC(C)(C)CC6)c5C)cccc43)c(Cl)cc2CN[C@H]2CCC(=O)NC2)c1. The summed E-state index contributed by atoms with van der Waals surface area (Å²) < 4.78 is 19.5. The summed E-state index contributed by atoms with van der Waals surface area (Å²) in [7, 11) is 0. The Morgan fingerprint density at radius 2 is 1.81 bits per heavy atom. The number of hydrogen-bond acceptors (Lipinski definition) is 7. The molecule has 3 aliphatic rings. The number of nitrogens with one attached hydrogen (secondary N) is 2. The summed E-state index contributed by atoms with van der Waals surface area (Å²) in [6, 6.07) is 23.8. The molecule has 0 radical (unpaired) electrons. The van der Waals surface area contributed by atoms with Crippen molar-refractivity contribution in [1.82, 2.24) is 15.5 Å². The Hall–Kier alpha value is -5.06. The van der Waals surface area contributed by atoms with Gasteiger partial charge in [-0.15, -0.1) is 0 Å². The first-order chi connectivity index (χ1) is 27.6. The monoisotopic (exact) mass is 785 g/mol. The van der Waals surface area contributed by atoms with Gasteiger partial charge < -0.3 is 29.7 Å². The minimum Gasteiger partial charge on any atom is -0.493 e. The van der Waals surface area contributed by atoms with Gasteiger partial charge in [-0.05, 0) is 128 Å². The van der Waals surface area contributed by atoms with E-state index in [1.165, 1.54) is 42.6 Å². The van der Waals surface area contributed by atoms with Crippen LogP contribution < -0.4 is 24.8 Å². The van der Waals surface area contributed by atoms with Gasteiger partial charge in [0.25, 0.3) is 0 Å². The molecule has 296 valence electrons. The minimum atomic E-state index is -0.200. The first kappa shape index (κ1) is 40.1. The molecule has 2 heterocycles. The highest BCUT2D eigenvalue weighted by atomic mass is 35.5. The van der Waals surface area contributed by atoms with Crippen LogP contribution in [0.1, 0.15) is 91.9 Å². The van der Waals surface area contributed by atoms with Crippen molar-refractivity contribution in [3.05, 3.63) is 117 Å². The molecule has 2 fully saturated rings. The average Bonchev–Trinajstić information content (AvgIpc) is 3.63. The molecule has 0 saturated carbocycles. The van der Waals surface area contributed by atoms with Gasteiger partial charge in [0, 0.05) is 49.3 Å². The van der Waals surface area contributed by atoms with E-state index in [2.05, 4.69) is 83.6 Å². The van der Waals surface area contributed by atoms with E-state index in [1.807, 2.05) is 12.1 Å². The van der Waals surface area contributed by atoms with Crippen molar-refractivity contribution in [2.24, 2.45) is 5.41 Å². The van der Waals surface area contributed by atoms with Crippen LogP contribution in [0.25, 0.3) is 16.0 Å². The van der Waals surface area contributed by atoms with Crippen LogP contribution in [0.5, 0.6) is 17.2 Å². The minimum absolute atomic E-state index is 0.0663. The first-order valence-corrected chi connectivity index (χ1v) is 20.6.